The minimum absolute atomic E-state index is 0.294. The summed E-state index contributed by atoms with van der Waals surface area (Å²) in [5.74, 6) is -0.611. The Labute approximate surface area is 91.5 Å². The van der Waals surface area contributed by atoms with E-state index in [2.05, 4.69) is 18.2 Å². The van der Waals surface area contributed by atoms with Crippen molar-refractivity contribution in [1.82, 2.24) is 0 Å². The summed E-state index contributed by atoms with van der Waals surface area (Å²) < 4.78 is 17.7. The van der Waals surface area contributed by atoms with Gasteiger partial charge >= 0.3 is 5.97 Å². The number of carbonyl (C=O) groups excluding carboxylic acids is 1. The highest BCUT2D eigenvalue weighted by Gasteiger charge is 2.13. The van der Waals surface area contributed by atoms with Gasteiger partial charge in [0.15, 0.2) is 0 Å². The summed E-state index contributed by atoms with van der Waals surface area (Å²) in [6, 6.07) is 0. The van der Waals surface area contributed by atoms with Gasteiger partial charge in [0.1, 0.15) is 0 Å². The van der Waals surface area contributed by atoms with Crippen LogP contribution in [0.15, 0.2) is 12.2 Å². The van der Waals surface area contributed by atoms with Crippen molar-refractivity contribution in [2.75, 3.05) is 0 Å². The predicted molar refractivity (Wildman–Crippen MR) is 59.2 cm³/mol. The fraction of sp³-hybridized carbons (Fsp3) is 0.750. The lowest BCUT2D eigenvalue weighted by Gasteiger charge is -2.10. The zero-order chi connectivity index (χ0) is 11.7. The van der Waals surface area contributed by atoms with Gasteiger partial charge in [-0.1, -0.05) is 39.7 Å². The molecule has 15 heavy (non-hydrogen) atoms. The monoisotopic (exact) mass is 216 g/mol. The molecule has 0 aliphatic carbocycles. The highest BCUT2D eigenvalue weighted by atomic mass is 19.1. The van der Waals surface area contributed by atoms with E-state index >= 15 is 0 Å². The van der Waals surface area contributed by atoms with Gasteiger partial charge in [0.25, 0.3) is 0 Å². The topological polar surface area (TPSA) is 26.3 Å². The third kappa shape index (κ3) is 7.11. The average molecular weight is 216 g/mol. The van der Waals surface area contributed by atoms with Crippen molar-refractivity contribution in [3.63, 3.8) is 0 Å². The van der Waals surface area contributed by atoms with Crippen LogP contribution in [-0.4, -0.2) is 12.3 Å². The van der Waals surface area contributed by atoms with Crippen molar-refractivity contribution in [3.8, 4) is 0 Å². The Hall–Kier alpha value is -0.860. The second-order valence-corrected chi connectivity index (χ2v) is 3.62. The second-order valence-electron chi connectivity index (χ2n) is 3.62. The molecule has 0 rings (SSSR count). The van der Waals surface area contributed by atoms with Crippen molar-refractivity contribution in [3.05, 3.63) is 12.2 Å². The molecule has 0 aromatic heterocycles. The summed E-state index contributed by atoms with van der Waals surface area (Å²) in [4.78, 5) is 11.1. The van der Waals surface area contributed by atoms with E-state index in [1.807, 2.05) is 0 Å². The van der Waals surface area contributed by atoms with Gasteiger partial charge < -0.3 is 4.74 Å². The molecular weight excluding hydrogens is 195 g/mol. The van der Waals surface area contributed by atoms with E-state index in [1.54, 1.807) is 6.92 Å². The van der Waals surface area contributed by atoms with Crippen molar-refractivity contribution < 1.29 is 13.9 Å². The first-order valence-corrected chi connectivity index (χ1v) is 5.64. The number of carbonyl (C=O) groups is 1. The molecule has 0 saturated heterocycles. The molecule has 0 aliphatic rings. The van der Waals surface area contributed by atoms with Gasteiger partial charge in [-0.2, -0.15) is 0 Å². The second kappa shape index (κ2) is 8.45. The van der Waals surface area contributed by atoms with E-state index in [4.69, 9.17) is 0 Å². The Kier molecular flexibility index (Phi) is 7.96. The van der Waals surface area contributed by atoms with Gasteiger partial charge in [-0.15, -0.1) is 0 Å². The normalized spacial score (nSPS) is 12.2. The van der Waals surface area contributed by atoms with Crippen molar-refractivity contribution >= 4 is 5.97 Å². The zero-order valence-corrected chi connectivity index (χ0v) is 9.72. The first-order chi connectivity index (χ1) is 7.11. The molecule has 2 nitrogen and oxygen atoms in total. The van der Waals surface area contributed by atoms with Crippen LogP contribution in [0.4, 0.5) is 4.39 Å². The standard InChI is InChI=1S/C12H21FO2/c1-4-6-7-8-9-11(13)15-12(14)10(3)5-2/h11H,3-9H2,1-2H3. The largest absolute Gasteiger partial charge is 0.428 e. The maximum Gasteiger partial charge on any atom is 0.335 e. The van der Waals surface area contributed by atoms with Crippen molar-refractivity contribution in [1.29, 1.82) is 0 Å². The molecule has 0 amide bonds. The molecule has 0 heterocycles. The highest BCUT2D eigenvalue weighted by Crippen LogP contribution is 2.11. The summed E-state index contributed by atoms with van der Waals surface area (Å²) in [6.45, 7) is 7.38. The van der Waals surface area contributed by atoms with E-state index < -0.39 is 12.3 Å². The van der Waals surface area contributed by atoms with Gasteiger partial charge in [0.05, 0.1) is 0 Å². The first kappa shape index (κ1) is 14.1. The van der Waals surface area contributed by atoms with Gasteiger partial charge in [-0.25, -0.2) is 9.18 Å². The summed E-state index contributed by atoms with van der Waals surface area (Å²) in [6.07, 6.45) is 3.29. The van der Waals surface area contributed by atoms with E-state index in [0.717, 1.165) is 25.7 Å². The molecule has 0 saturated carbocycles. The molecule has 0 aromatic rings. The molecule has 1 atom stereocenters. The number of rotatable bonds is 8. The highest BCUT2D eigenvalue weighted by molar-refractivity contribution is 5.87. The molecule has 0 radical (unpaired) electrons. The Morgan fingerprint density at radius 1 is 1.33 bits per heavy atom. The number of halogens is 1. The molecular formula is C12H21FO2. The Balaban J connectivity index is 3.60. The number of alkyl halides is 1. The quantitative estimate of drug-likeness (QED) is 0.351. The maximum absolute atomic E-state index is 13.1. The fourth-order valence-electron chi connectivity index (χ4n) is 1.13. The van der Waals surface area contributed by atoms with E-state index in [-0.39, 0.29) is 0 Å². The van der Waals surface area contributed by atoms with Crippen molar-refractivity contribution in [2.45, 2.75) is 58.7 Å². The lowest BCUT2D eigenvalue weighted by molar-refractivity contribution is -0.153. The Morgan fingerprint density at radius 2 is 2.00 bits per heavy atom. The van der Waals surface area contributed by atoms with Gasteiger partial charge in [0.2, 0.25) is 6.36 Å². The Morgan fingerprint density at radius 3 is 2.53 bits per heavy atom. The van der Waals surface area contributed by atoms with E-state index in [0.29, 0.717) is 18.4 Å². The van der Waals surface area contributed by atoms with Crippen LogP contribution < -0.4 is 0 Å². The summed E-state index contributed by atoms with van der Waals surface area (Å²) >= 11 is 0. The first-order valence-electron chi connectivity index (χ1n) is 5.64. The lowest BCUT2D eigenvalue weighted by atomic mass is 10.1. The molecule has 88 valence electrons. The summed E-state index contributed by atoms with van der Waals surface area (Å²) in [7, 11) is 0. The lowest BCUT2D eigenvalue weighted by Crippen LogP contribution is -2.14. The molecule has 0 N–H and O–H groups in total. The number of hydrogen-bond donors (Lipinski definition) is 0. The van der Waals surface area contributed by atoms with Crippen LogP contribution >= 0.6 is 0 Å². The SMILES string of the molecule is C=C(CC)C(=O)OC(F)CCCCCC. The molecule has 0 aromatic carbocycles. The Bertz CT molecular complexity index is 202. The zero-order valence-electron chi connectivity index (χ0n) is 9.72. The van der Waals surface area contributed by atoms with Crippen LogP contribution in [0, 0.1) is 0 Å². The summed E-state index contributed by atoms with van der Waals surface area (Å²) in [5, 5.41) is 0. The van der Waals surface area contributed by atoms with Crippen LogP contribution in [-0.2, 0) is 9.53 Å². The molecule has 0 aliphatic heterocycles. The number of unbranched alkanes of at least 4 members (excludes halogenated alkanes) is 3. The van der Waals surface area contributed by atoms with Gasteiger partial charge in [0, 0.05) is 12.0 Å². The maximum atomic E-state index is 13.1. The van der Waals surface area contributed by atoms with Crippen LogP contribution in [0.25, 0.3) is 0 Å². The predicted octanol–water partition coefficient (Wildman–Crippen LogP) is 3.76. The van der Waals surface area contributed by atoms with Crippen LogP contribution in [0.5, 0.6) is 0 Å². The molecule has 0 spiro atoms. The van der Waals surface area contributed by atoms with E-state index in [9.17, 15) is 9.18 Å². The van der Waals surface area contributed by atoms with Crippen LogP contribution in [0.3, 0.4) is 0 Å². The van der Waals surface area contributed by atoms with Crippen LogP contribution in [0.1, 0.15) is 52.4 Å². The van der Waals surface area contributed by atoms with Gasteiger partial charge in [-0.3, -0.25) is 0 Å². The third-order valence-corrected chi connectivity index (χ3v) is 2.24. The smallest absolute Gasteiger partial charge is 0.335 e. The molecule has 1 unspecified atom stereocenters. The van der Waals surface area contributed by atoms with Crippen molar-refractivity contribution in [2.24, 2.45) is 0 Å². The fourth-order valence-corrected chi connectivity index (χ4v) is 1.13. The van der Waals surface area contributed by atoms with E-state index in [1.165, 1.54) is 0 Å². The number of ether oxygens (including phenoxy) is 1. The minimum Gasteiger partial charge on any atom is -0.428 e. The summed E-state index contributed by atoms with van der Waals surface area (Å²) in [5.41, 5.74) is 0.325. The minimum atomic E-state index is -1.47. The third-order valence-electron chi connectivity index (χ3n) is 2.24. The van der Waals surface area contributed by atoms with Crippen LogP contribution in [0.2, 0.25) is 0 Å². The number of hydrogen-bond acceptors (Lipinski definition) is 2. The number of esters is 1. The van der Waals surface area contributed by atoms with Gasteiger partial charge in [-0.05, 0) is 12.8 Å². The molecule has 3 heteroatoms. The molecule has 0 bridgehead atoms. The molecule has 0 fully saturated rings. The average Bonchev–Trinajstić information content (AvgIpc) is 2.23.